The van der Waals surface area contributed by atoms with Gasteiger partial charge in [0.2, 0.25) is 0 Å². The number of unbranched alkanes of at least 4 members (excludes halogenated alkanes) is 16. The molecule has 0 aromatic heterocycles. The molecule has 27 heavy (non-hydrogen) atoms. The summed E-state index contributed by atoms with van der Waals surface area (Å²) in [5.74, 6) is 0. The zero-order valence-electron chi connectivity index (χ0n) is 19.1. The molecule has 0 amide bonds. The van der Waals surface area contributed by atoms with Crippen LogP contribution < -0.4 is 0 Å². The van der Waals surface area contributed by atoms with Crippen LogP contribution in [0.2, 0.25) is 0 Å². The molecule has 2 heteroatoms. The van der Waals surface area contributed by atoms with Crippen LogP contribution in [0.3, 0.4) is 0 Å². The van der Waals surface area contributed by atoms with Crippen LogP contribution in [0.4, 0.5) is 0 Å². The first kappa shape index (κ1) is 26.9. The van der Waals surface area contributed by atoms with Gasteiger partial charge in [-0.15, -0.1) is 0 Å². The van der Waals surface area contributed by atoms with Crippen LogP contribution in [-0.2, 0) is 9.47 Å². The Morgan fingerprint density at radius 3 is 0.926 bits per heavy atom. The molecule has 0 fully saturated rings. The summed E-state index contributed by atoms with van der Waals surface area (Å²) in [5, 5.41) is 0. The smallest absolute Gasteiger partial charge is 0.0466 e. The summed E-state index contributed by atoms with van der Waals surface area (Å²) >= 11 is 0. The van der Waals surface area contributed by atoms with Gasteiger partial charge >= 0.3 is 0 Å². The van der Waals surface area contributed by atoms with Gasteiger partial charge in [-0.1, -0.05) is 104 Å². The highest BCUT2D eigenvalue weighted by Crippen LogP contribution is 2.13. The molecule has 0 atom stereocenters. The zero-order chi connectivity index (χ0) is 19.7. The van der Waals surface area contributed by atoms with Crippen molar-refractivity contribution in [2.75, 3.05) is 26.4 Å². The fourth-order valence-corrected chi connectivity index (χ4v) is 3.43. The molecule has 0 spiro atoms. The van der Waals surface area contributed by atoms with Crippen LogP contribution in [0.15, 0.2) is 0 Å². The molecular formula is C25H52O2. The minimum absolute atomic E-state index is 0.930. The van der Waals surface area contributed by atoms with Gasteiger partial charge in [-0.3, -0.25) is 0 Å². The quantitative estimate of drug-likeness (QED) is 0.155. The van der Waals surface area contributed by atoms with Gasteiger partial charge in [0.15, 0.2) is 0 Å². The van der Waals surface area contributed by atoms with E-state index in [1.54, 1.807) is 0 Å². The molecule has 0 N–H and O–H groups in total. The molecule has 0 aliphatic heterocycles. The average Bonchev–Trinajstić information content (AvgIpc) is 2.68. The Morgan fingerprint density at radius 2 is 0.556 bits per heavy atom. The standard InChI is InChI=1S/C25H52O2/c1-3-5-7-8-9-10-11-12-13-14-15-16-17-19-23-27-25-21-18-20-24-26-22-6-4-2/h3-25H2,1-2H3. The predicted octanol–water partition coefficient (Wildman–Crippen LogP) is 8.47. The van der Waals surface area contributed by atoms with Gasteiger partial charge in [0.25, 0.3) is 0 Å². The minimum atomic E-state index is 0.930. The summed E-state index contributed by atoms with van der Waals surface area (Å²) in [6, 6.07) is 0. The second kappa shape index (κ2) is 25.9. The fraction of sp³-hybridized carbons (Fsp3) is 1.00. The van der Waals surface area contributed by atoms with Crippen molar-refractivity contribution in [3.8, 4) is 0 Å². The lowest BCUT2D eigenvalue weighted by Gasteiger charge is -2.06. The third kappa shape index (κ3) is 25.9. The van der Waals surface area contributed by atoms with Crippen molar-refractivity contribution in [2.24, 2.45) is 0 Å². The maximum absolute atomic E-state index is 5.74. The van der Waals surface area contributed by atoms with Gasteiger partial charge in [-0.2, -0.15) is 0 Å². The van der Waals surface area contributed by atoms with E-state index in [1.165, 1.54) is 122 Å². The van der Waals surface area contributed by atoms with Crippen molar-refractivity contribution in [1.29, 1.82) is 0 Å². The van der Waals surface area contributed by atoms with Gasteiger partial charge in [-0.25, -0.2) is 0 Å². The van der Waals surface area contributed by atoms with Crippen LogP contribution in [0.25, 0.3) is 0 Å². The van der Waals surface area contributed by atoms with E-state index in [0.717, 1.165) is 26.4 Å². The third-order valence-electron chi connectivity index (χ3n) is 5.36. The SMILES string of the molecule is CCCCCCCCCCCCCCCCOCCCCCOCCCC. The van der Waals surface area contributed by atoms with Crippen molar-refractivity contribution in [1.82, 2.24) is 0 Å². The average molecular weight is 385 g/mol. The van der Waals surface area contributed by atoms with Crippen molar-refractivity contribution < 1.29 is 9.47 Å². The monoisotopic (exact) mass is 384 g/mol. The fourth-order valence-electron chi connectivity index (χ4n) is 3.43. The first-order valence-corrected chi connectivity index (χ1v) is 12.6. The maximum Gasteiger partial charge on any atom is 0.0466 e. The Hall–Kier alpha value is -0.0800. The summed E-state index contributed by atoms with van der Waals surface area (Å²) < 4.78 is 11.3. The number of hydrogen-bond acceptors (Lipinski definition) is 2. The topological polar surface area (TPSA) is 18.5 Å². The van der Waals surface area contributed by atoms with E-state index in [4.69, 9.17) is 9.47 Å². The highest BCUT2D eigenvalue weighted by atomic mass is 16.5. The summed E-state index contributed by atoms with van der Waals surface area (Å²) in [6.45, 7) is 8.27. The number of rotatable bonds is 24. The van der Waals surface area contributed by atoms with Gasteiger partial charge in [0.1, 0.15) is 0 Å². The first-order valence-electron chi connectivity index (χ1n) is 12.6. The normalized spacial score (nSPS) is 11.3. The summed E-state index contributed by atoms with van der Waals surface area (Å²) in [7, 11) is 0. The molecular weight excluding hydrogens is 332 g/mol. The summed E-state index contributed by atoms with van der Waals surface area (Å²) in [6.07, 6.45) is 25.9. The molecule has 0 aromatic rings. The lowest BCUT2D eigenvalue weighted by atomic mass is 10.0. The number of ether oxygens (including phenoxy) is 2. The largest absolute Gasteiger partial charge is 0.381 e. The lowest BCUT2D eigenvalue weighted by Crippen LogP contribution is -2.00. The zero-order valence-corrected chi connectivity index (χ0v) is 19.1. The van der Waals surface area contributed by atoms with E-state index in [2.05, 4.69) is 13.8 Å². The van der Waals surface area contributed by atoms with Crippen molar-refractivity contribution >= 4 is 0 Å². The van der Waals surface area contributed by atoms with E-state index in [-0.39, 0.29) is 0 Å². The second-order valence-corrected chi connectivity index (χ2v) is 8.24. The molecule has 0 aliphatic carbocycles. The molecule has 0 saturated carbocycles. The highest BCUT2D eigenvalue weighted by Gasteiger charge is 1.95. The maximum atomic E-state index is 5.74. The van der Waals surface area contributed by atoms with E-state index in [0.29, 0.717) is 0 Å². The Balaban J connectivity index is 2.95. The summed E-state index contributed by atoms with van der Waals surface area (Å²) in [5.41, 5.74) is 0. The third-order valence-corrected chi connectivity index (χ3v) is 5.36. The van der Waals surface area contributed by atoms with Gasteiger partial charge < -0.3 is 9.47 Å². The van der Waals surface area contributed by atoms with Crippen LogP contribution in [0.1, 0.15) is 136 Å². The highest BCUT2D eigenvalue weighted by molar-refractivity contribution is 4.49. The van der Waals surface area contributed by atoms with E-state index < -0.39 is 0 Å². The van der Waals surface area contributed by atoms with Gasteiger partial charge in [-0.05, 0) is 32.1 Å². The molecule has 0 aromatic carbocycles. The molecule has 0 radical (unpaired) electrons. The van der Waals surface area contributed by atoms with Crippen LogP contribution >= 0.6 is 0 Å². The Bertz CT molecular complexity index is 218. The summed E-state index contributed by atoms with van der Waals surface area (Å²) in [4.78, 5) is 0. The van der Waals surface area contributed by atoms with E-state index in [1.807, 2.05) is 0 Å². The molecule has 0 saturated heterocycles. The van der Waals surface area contributed by atoms with Crippen molar-refractivity contribution in [3.63, 3.8) is 0 Å². The minimum Gasteiger partial charge on any atom is -0.381 e. The Labute approximate surface area is 172 Å². The molecule has 0 heterocycles. The number of hydrogen-bond donors (Lipinski definition) is 0. The molecule has 164 valence electrons. The van der Waals surface area contributed by atoms with E-state index in [9.17, 15) is 0 Å². The molecule has 2 nitrogen and oxygen atoms in total. The molecule has 0 unspecified atom stereocenters. The second-order valence-electron chi connectivity index (χ2n) is 8.24. The van der Waals surface area contributed by atoms with Gasteiger partial charge in [0.05, 0.1) is 0 Å². The van der Waals surface area contributed by atoms with Gasteiger partial charge in [0, 0.05) is 26.4 Å². The Kier molecular flexibility index (Phi) is 25.8. The molecule has 0 aliphatic rings. The molecule has 0 rings (SSSR count). The van der Waals surface area contributed by atoms with Crippen molar-refractivity contribution in [3.05, 3.63) is 0 Å². The Morgan fingerprint density at radius 1 is 0.296 bits per heavy atom. The van der Waals surface area contributed by atoms with Crippen LogP contribution in [0, 0.1) is 0 Å². The van der Waals surface area contributed by atoms with Crippen molar-refractivity contribution in [2.45, 2.75) is 136 Å². The predicted molar refractivity (Wildman–Crippen MR) is 121 cm³/mol. The van der Waals surface area contributed by atoms with E-state index >= 15 is 0 Å². The van der Waals surface area contributed by atoms with Crippen LogP contribution in [0.5, 0.6) is 0 Å². The van der Waals surface area contributed by atoms with Crippen LogP contribution in [-0.4, -0.2) is 26.4 Å². The lowest BCUT2D eigenvalue weighted by molar-refractivity contribution is 0.111. The first-order chi connectivity index (χ1) is 13.4. The molecule has 0 bridgehead atoms.